The Balaban J connectivity index is 3.90. The molecule has 0 amide bonds. The summed E-state index contributed by atoms with van der Waals surface area (Å²) >= 11 is 0. The molecule has 4 atom stereocenters. The summed E-state index contributed by atoms with van der Waals surface area (Å²) in [5.74, 6) is 1.58. The molecular formula is C14H30O2. The third-order valence-corrected chi connectivity index (χ3v) is 3.47. The first kappa shape index (κ1) is 15.9. The minimum absolute atomic E-state index is 0.283. The molecule has 16 heavy (non-hydrogen) atoms. The van der Waals surface area contributed by atoms with Crippen molar-refractivity contribution in [1.29, 1.82) is 0 Å². The first-order valence-electron chi connectivity index (χ1n) is 6.64. The van der Waals surface area contributed by atoms with Gasteiger partial charge < -0.3 is 10.2 Å². The molecule has 0 heterocycles. The van der Waals surface area contributed by atoms with Gasteiger partial charge in [0.2, 0.25) is 0 Å². The zero-order chi connectivity index (χ0) is 12.8. The van der Waals surface area contributed by atoms with E-state index >= 15 is 0 Å². The summed E-state index contributed by atoms with van der Waals surface area (Å²) in [7, 11) is 0. The normalized spacial score (nSPS) is 21.2. The molecule has 2 nitrogen and oxygen atoms in total. The van der Waals surface area contributed by atoms with Crippen LogP contribution in [0.1, 0.15) is 60.3 Å². The van der Waals surface area contributed by atoms with Crippen LogP contribution in [0.15, 0.2) is 0 Å². The predicted molar refractivity (Wildman–Crippen MR) is 69.3 cm³/mol. The summed E-state index contributed by atoms with van der Waals surface area (Å²) in [6, 6.07) is 0. The van der Waals surface area contributed by atoms with E-state index in [0.29, 0.717) is 17.8 Å². The molecule has 0 spiro atoms. The Labute approximate surface area is 101 Å². The lowest BCUT2D eigenvalue weighted by Crippen LogP contribution is -2.26. The van der Waals surface area contributed by atoms with Crippen LogP contribution in [0.4, 0.5) is 0 Å². The van der Waals surface area contributed by atoms with E-state index in [1.165, 1.54) is 0 Å². The molecule has 0 aromatic rings. The Kier molecular flexibility index (Phi) is 7.25. The molecule has 2 heteroatoms. The molecule has 0 aromatic carbocycles. The fraction of sp³-hybridized carbons (Fsp3) is 1.00. The van der Waals surface area contributed by atoms with Crippen LogP contribution in [0.2, 0.25) is 0 Å². The van der Waals surface area contributed by atoms with Gasteiger partial charge in [-0.2, -0.15) is 0 Å². The van der Waals surface area contributed by atoms with Crippen molar-refractivity contribution in [3.8, 4) is 0 Å². The van der Waals surface area contributed by atoms with Crippen molar-refractivity contribution >= 4 is 0 Å². The molecule has 0 aliphatic heterocycles. The summed E-state index contributed by atoms with van der Waals surface area (Å²) < 4.78 is 0. The van der Waals surface area contributed by atoms with Crippen LogP contribution in [-0.2, 0) is 0 Å². The maximum atomic E-state index is 9.99. The zero-order valence-electron chi connectivity index (χ0n) is 11.7. The second-order valence-corrected chi connectivity index (χ2v) is 6.02. The number of hydrogen-bond donors (Lipinski definition) is 2. The number of rotatable bonds is 8. The number of hydrogen-bond acceptors (Lipinski definition) is 2. The average molecular weight is 230 g/mol. The van der Waals surface area contributed by atoms with Crippen molar-refractivity contribution in [3.05, 3.63) is 0 Å². The van der Waals surface area contributed by atoms with E-state index in [4.69, 9.17) is 5.11 Å². The Morgan fingerprint density at radius 3 is 1.94 bits per heavy atom. The highest BCUT2D eigenvalue weighted by molar-refractivity contribution is 4.74. The van der Waals surface area contributed by atoms with E-state index in [9.17, 15) is 5.11 Å². The first-order chi connectivity index (χ1) is 7.30. The van der Waals surface area contributed by atoms with Gasteiger partial charge >= 0.3 is 0 Å². The van der Waals surface area contributed by atoms with Gasteiger partial charge in [0.1, 0.15) is 0 Å². The Morgan fingerprint density at radius 1 is 1.00 bits per heavy atom. The highest BCUT2D eigenvalue weighted by Gasteiger charge is 2.22. The zero-order valence-corrected chi connectivity index (χ0v) is 11.7. The summed E-state index contributed by atoms with van der Waals surface area (Å²) in [6.45, 7) is 10.8. The average Bonchev–Trinajstić information content (AvgIpc) is 2.16. The minimum atomic E-state index is -0.512. The predicted octanol–water partition coefficient (Wildman–Crippen LogP) is 3.22. The van der Waals surface area contributed by atoms with Gasteiger partial charge in [-0.1, -0.05) is 27.7 Å². The van der Waals surface area contributed by atoms with E-state index in [1.807, 2.05) is 13.8 Å². The van der Waals surface area contributed by atoms with Gasteiger partial charge in [0.05, 0.1) is 5.60 Å². The lowest BCUT2D eigenvalue weighted by atomic mass is 9.83. The van der Waals surface area contributed by atoms with E-state index in [1.54, 1.807) is 0 Å². The molecular weight excluding hydrogens is 200 g/mol. The molecule has 98 valence electrons. The van der Waals surface area contributed by atoms with Crippen LogP contribution >= 0.6 is 0 Å². The van der Waals surface area contributed by atoms with Crippen LogP contribution in [-0.4, -0.2) is 22.4 Å². The van der Waals surface area contributed by atoms with Crippen molar-refractivity contribution in [3.63, 3.8) is 0 Å². The van der Waals surface area contributed by atoms with Crippen LogP contribution < -0.4 is 0 Å². The van der Waals surface area contributed by atoms with Gasteiger partial charge in [0.25, 0.3) is 0 Å². The third-order valence-electron chi connectivity index (χ3n) is 3.47. The van der Waals surface area contributed by atoms with Gasteiger partial charge in [-0.15, -0.1) is 0 Å². The second kappa shape index (κ2) is 7.29. The van der Waals surface area contributed by atoms with Crippen molar-refractivity contribution in [2.45, 2.75) is 65.9 Å². The molecule has 0 bridgehead atoms. The van der Waals surface area contributed by atoms with Gasteiger partial charge in [0.15, 0.2) is 0 Å². The second-order valence-electron chi connectivity index (χ2n) is 6.02. The molecule has 0 fully saturated rings. The molecule has 0 rings (SSSR count). The van der Waals surface area contributed by atoms with E-state index in [0.717, 1.165) is 25.7 Å². The SMILES string of the molecule is CCC(C)(O)CC(C)CC(C)CC(C)CO. The highest BCUT2D eigenvalue weighted by atomic mass is 16.3. The van der Waals surface area contributed by atoms with E-state index in [-0.39, 0.29) is 6.61 Å². The van der Waals surface area contributed by atoms with Crippen LogP contribution in [0.25, 0.3) is 0 Å². The molecule has 0 radical (unpaired) electrons. The molecule has 0 saturated heterocycles. The molecule has 4 unspecified atom stereocenters. The summed E-state index contributed by atoms with van der Waals surface area (Å²) in [5.41, 5.74) is -0.512. The number of aliphatic hydroxyl groups is 2. The lowest BCUT2D eigenvalue weighted by Gasteiger charge is -2.27. The summed E-state index contributed by atoms with van der Waals surface area (Å²) in [5, 5.41) is 19.0. The lowest BCUT2D eigenvalue weighted by molar-refractivity contribution is 0.0286. The van der Waals surface area contributed by atoms with Crippen LogP contribution in [0.5, 0.6) is 0 Å². The van der Waals surface area contributed by atoms with Crippen LogP contribution in [0.3, 0.4) is 0 Å². The monoisotopic (exact) mass is 230 g/mol. The smallest absolute Gasteiger partial charge is 0.0619 e. The largest absolute Gasteiger partial charge is 0.396 e. The maximum absolute atomic E-state index is 9.99. The van der Waals surface area contributed by atoms with Gasteiger partial charge in [-0.3, -0.25) is 0 Å². The quantitative estimate of drug-likeness (QED) is 0.672. The Morgan fingerprint density at radius 2 is 1.50 bits per heavy atom. The van der Waals surface area contributed by atoms with E-state index < -0.39 is 5.60 Å². The van der Waals surface area contributed by atoms with Crippen LogP contribution in [0, 0.1) is 17.8 Å². The molecule has 0 aliphatic carbocycles. The van der Waals surface area contributed by atoms with Crippen molar-refractivity contribution in [1.82, 2.24) is 0 Å². The minimum Gasteiger partial charge on any atom is -0.396 e. The van der Waals surface area contributed by atoms with Crippen molar-refractivity contribution < 1.29 is 10.2 Å². The summed E-state index contributed by atoms with van der Waals surface area (Å²) in [6.07, 6.45) is 3.91. The Bertz CT molecular complexity index is 178. The molecule has 0 aromatic heterocycles. The van der Waals surface area contributed by atoms with Gasteiger partial charge in [0, 0.05) is 6.61 Å². The topological polar surface area (TPSA) is 40.5 Å². The molecule has 0 saturated carbocycles. The first-order valence-corrected chi connectivity index (χ1v) is 6.64. The summed E-state index contributed by atoms with van der Waals surface area (Å²) in [4.78, 5) is 0. The van der Waals surface area contributed by atoms with Crippen molar-refractivity contribution in [2.24, 2.45) is 17.8 Å². The highest BCUT2D eigenvalue weighted by Crippen LogP contribution is 2.27. The molecule has 2 N–H and O–H groups in total. The Hall–Kier alpha value is -0.0800. The number of aliphatic hydroxyl groups excluding tert-OH is 1. The van der Waals surface area contributed by atoms with Gasteiger partial charge in [-0.25, -0.2) is 0 Å². The van der Waals surface area contributed by atoms with Gasteiger partial charge in [-0.05, 0) is 50.4 Å². The fourth-order valence-corrected chi connectivity index (χ4v) is 2.52. The van der Waals surface area contributed by atoms with Crippen molar-refractivity contribution in [2.75, 3.05) is 6.61 Å². The third kappa shape index (κ3) is 7.24. The fourth-order valence-electron chi connectivity index (χ4n) is 2.52. The maximum Gasteiger partial charge on any atom is 0.0619 e. The molecule has 0 aliphatic rings. The standard InChI is InChI=1S/C14H30O2/c1-6-14(5,16)9-12(3)7-11(2)8-13(4)10-15/h11-13,15-16H,6-10H2,1-5H3. The van der Waals surface area contributed by atoms with E-state index in [2.05, 4.69) is 20.8 Å².